The first-order valence-corrected chi connectivity index (χ1v) is 10.9. The number of nitrogens with zero attached hydrogens (tertiary/aromatic N) is 4. The Kier molecular flexibility index (Phi) is 5.68. The summed E-state index contributed by atoms with van der Waals surface area (Å²) in [5.41, 5.74) is 1.10. The van der Waals surface area contributed by atoms with Gasteiger partial charge in [-0.2, -0.15) is 4.52 Å². The third kappa shape index (κ3) is 4.45. The molecule has 0 radical (unpaired) electrons. The van der Waals surface area contributed by atoms with E-state index in [2.05, 4.69) is 30.4 Å². The molecule has 8 nitrogen and oxygen atoms in total. The van der Waals surface area contributed by atoms with Gasteiger partial charge in [0.2, 0.25) is 11.9 Å². The molecule has 4 aromatic rings. The molecule has 1 saturated heterocycles. The highest BCUT2D eigenvalue weighted by Gasteiger charge is 2.33. The first kappa shape index (κ1) is 21.9. The average molecular weight is 470 g/mol. The van der Waals surface area contributed by atoms with E-state index in [0.29, 0.717) is 29.5 Å². The lowest BCUT2D eigenvalue weighted by molar-refractivity contribution is -0.274. The number of ether oxygens (including phenoxy) is 1. The van der Waals surface area contributed by atoms with Crippen LogP contribution in [0, 0.1) is 0 Å². The zero-order chi connectivity index (χ0) is 23.7. The van der Waals surface area contributed by atoms with Crippen LogP contribution >= 0.6 is 0 Å². The van der Waals surface area contributed by atoms with Gasteiger partial charge < -0.3 is 15.4 Å². The van der Waals surface area contributed by atoms with Crippen molar-refractivity contribution in [1.82, 2.24) is 24.9 Å². The summed E-state index contributed by atoms with van der Waals surface area (Å²) in [4.78, 5) is 21.8. The molecule has 2 aromatic heterocycles. The number of alkyl halides is 3. The number of hydrogen-bond acceptors (Lipinski definition) is 6. The lowest BCUT2D eigenvalue weighted by atomic mass is 10.1. The van der Waals surface area contributed by atoms with E-state index in [1.165, 1.54) is 22.7 Å². The van der Waals surface area contributed by atoms with E-state index < -0.39 is 18.2 Å². The number of rotatable bonds is 4. The predicted octanol–water partition coefficient (Wildman–Crippen LogP) is 4.31. The fourth-order valence-corrected chi connectivity index (χ4v) is 4.04. The normalized spacial score (nSPS) is 17.3. The van der Waals surface area contributed by atoms with Crippen LogP contribution in [-0.2, 0) is 4.79 Å². The van der Waals surface area contributed by atoms with Crippen LogP contribution in [0.4, 0.5) is 19.1 Å². The Morgan fingerprint density at radius 1 is 1.03 bits per heavy atom. The van der Waals surface area contributed by atoms with Crippen molar-refractivity contribution in [2.75, 3.05) is 11.9 Å². The third-order valence-electron chi connectivity index (χ3n) is 5.62. The molecule has 1 fully saturated rings. The van der Waals surface area contributed by atoms with E-state index in [-0.39, 0.29) is 23.2 Å². The lowest BCUT2D eigenvalue weighted by Crippen LogP contribution is -2.41. The van der Waals surface area contributed by atoms with Crippen molar-refractivity contribution >= 4 is 28.4 Å². The topological polar surface area (TPSA) is 93.4 Å². The second-order valence-electron chi connectivity index (χ2n) is 8.00. The molecule has 5 rings (SSSR count). The zero-order valence-corrected chi connectivity index (χ0v) is 18.0. The van der Waals surface area contributed by atoms with Crippen molar-refractivity contribution in [2.24, 2.45) is 0 Å². The first-order valence-electron chi connectivity index (χ1n) is 10.9. The fourth-order valence-electron chi connectivity index (χ4n) is 4.04. The zero-order valence-electron chi connectivity index (χ0n) is 18.0. The number of fused-ring (bicyclic) bond motifs is 3. The molecule has 2 N–H and O–H groups in total. The van der Waals surface area contributed by atoms with Crippen LogP contribution in [0.3, 0.4) is 0 Å². The van der Waals surface area contributed by atoms with Crippen molar-refractivity contribution in [1.29, 1.82) is 0 Å². The number of hydrogen-bond donors (Lipinski definition) is 2. The van der Waals surface area contributed by atoms with Crippen LogP contribution in [0.5, 0.6) is 5.75 Å². The molecule has 34 heavy (non-hydrogen) atoms. The number of halogens is 3. The molecule has 0 saturated carbocycles. The van der Waals surface area contributed by atoms with Crippen LogP contribution in [0.25, 0.3) is 27.9 Å². The van der Waals surface area contributed by atoms with E-state index in [1.54, 1.807) is 18.2 Å². The van der Waals surface area contributed by atoms with Gasteiger partial charge >= 0.3 is 6.36 Å². The van der Waals surface area contributed by atoms with Crippen LogP contribution < -0.4 is 15.4 Å². The SMILES string of the molecule is O=C1NCCCCCC1Nc1nc2ccccc2c2nc(-c3ccccc3OC(F)(F)F)nn12. The summed E-state index contributed by atoms with van der Waals surface area (Å²) in [6.07, 6.45) is -1.43. The number of amides is 1. The summed E-state index contributed by atoms with van der Waals surface area (Å²) in [7, 11) is 0. The Bertz CT molecular complexity index is 1350. The van der Waals surface area contributed by atoms with Crippen LogP contribution in [0.2, 0.25) is 0 Å². The monoisotopic (exact) mass is 470 g/mol. The molecular weight excluding hydrogens is 449 g/mol. The van der Waals surface area contributed by atoms with Gasteiger partial charge in [0.25, 0.3) is 0 Å². The van der Waals surface area contributed by atoms with Gasteiger partial charge in [0, 0.05) is 11.9 Å². The summed E-state index contributed by atoms with van der Waals surface area (Å²) in [6, 6.07) is 12.4. The summed E-state index contributed by atoms with van der Waals surface area (Å²) in [5, 5.41) is 11.2. The third-order valence-corrected chi connectivity index (χ3v) is 5.62. The van der Waals surface area contributed by atoms with Gasteiger partial charge in [-0.1, -0.05) is 37.1 Å². The smallest absolute Gasteiger partial charge is 0.405 e. The molecule has 0 spiro atoms. The minimum Gasteiger partial charge on any atom is -0.405 e. The minimum absolute atomic E-state index is 0.0446. The molecule has 1 unspecified atom stereocenters. The minimum atomic E-state index is -4.86. The Labute approximate surface area is 192 Å². The van der Waals surface area contributed by atoms with Crippen LogP contribution in [0.1, 0.15) is 25.7 Å². The number of carbonyl (C=O) groups is 1. The number of benzene rings is 2. The molecule has 0 aliphatic carbocycles. The largest absolute Gasteiger partial charge is 0.573 e. The number of nitrogens with one attached hydrogen (secondary N) is 2. The molecule has 1 aliphatic heterocycles. The lowest BCUT2D eigenvalue weighted by Gasteiger charge is -2.21. The van der Waals surface area contributed by atoms with Crippen molar-refractivity contribution in [3.63, 3.8) is 0 Å². The molecule has 11 heteroatoms. The molecule has 1 atom stereocenters. The molecule has 1 aliphatic rings. The van der Waals surface area contributed by atoms with E-state index in [1.807, 2.05) is 12.1 Å². The molecule has 0 bridgehead atoms. The highest BCUT2D eigenvalue weighted by molar-refractivity contribution is 5.93. The second kappa shape index (κ2) is 8.81. The number of aromatic nitrogens is 4. The Morgan fingerprint density at radius 3 is 2.68 bits per heavy atom. The molecule has 1 amide bonds. The van der Waals surface area contributed by atoms with Gasteiger partial charge in [-0.05, 0) is 37.1 Å². The first-order chi connectivity index (χ1) is 16.4. The second-order valence-corrected chi connectivity index (χ2v) is 8.00. The highest BCUT2D eigenvalue weighted by atomic mass is 19.4. The quantitative estimate of drug-likeness (QED) is 0.462. The molecular formula is C23H21F3N6O2. The van der Waals surface area contributed by atoms with Gasteiger partial charge in [0.15, 0.2) is 11.5 Å². The van der Waals surface area contributed by atoms with Crippen molar-refractivity contribution in [3.05, 3.63) is 48.5 Å². The molecule has 3 heterocycles. The van der Waals surface area contributed by atoms with Crippen molar-refractivity contribution < 1.29 is 22.7 Å². The molecule has 2 aromatic carbocycles. The van der Waals surface area contributed by atoms with Gasteiger partial charge in [-0.15, -0.1) is 18.3 Å². The number of carbonyl (C=O) groups excluding carboxylic acids is 1. The standard InChI is InChI=1S/C23H21F3N6O2/c24-23(25,26)34-18-12-6-4-9-15(18)19-30-20-14-8-3-5-10-16(14)28-22(32(20)31-19)29-17-11-2-1-7-13-27-21(17)33/h3-6,8-10,12,17H,1-2,7,11,13H2,(H,27,33)(H,28,29). The Morgan fingerprint density at radius 2 is 1.82 bits per heavy atom. The molecule has 176 valence electrons. The maximum Gasteiger partial charge on any atom is 0.573 e. The van der Waals surface area contributed by atoms with Gasteiger partial charge in [-0.3, -0.25) is 4.79 Å². The summed E-state index contributed by atoms with van der Waals surface area (Å²) >= 11 is 0. The van der Waals surface area contributed by atoms with Crippen molar-refractivity contribution in [3.8, 4) is 17.1 Å². The maximum absolute atomic E-state index is 12.9. The van der Waals surface area contributed by atoms with Crippen LogP contribution in [-0.4, -0.2) is 44.4 Å². The van der Waals surface area contributed by atoms with E-state index in [0.717, 1.165) is 19.3 Å². The Balaban J connectivity index is 1.63. The van der Waals surface area contributed by atoms with E-state index in [4.69, 9.17) is 0 Å². The van der Waals surface area contributed by atoms with Gasteiger partial charge in [0.05, 0.1) is 11.1 Å². The van der Waals surface area contributed by atoms with Gasteiger partial charge in [0.1, 0.15) is 11.8 Å². The van der Waals surface area contributed by atoms with E-state index in [9.17, 15) is 18.0 Å². The summed E-state index contributed by atoms with van der Waals surface area (Å²) < 4.78 is 44.5. The summed E-state index contributed by atoms with van der Waals surface area (Å²) in [5.74, 6) is -0.213. The predicted molar refractivity (Wildman–Crippen MR) is 119 cm³/mol. The highest BCUT2D eigenvalue weighted by Crippen LogP contribution is 2.33. The summed E-state index contributed by atoms with van der Waals surface area (Å²) in [6.45, 7) is 0.612. The Hall–Kier alpha value is -3.89. The average Bonchev–Trinajstić information content (AvgIpc) is 3.24. The van der Waals surface area contributed by atoms with Gasteiger partial charge in [-0.25, -0.2) is 9.97 Å². The number of anilines is 1. The van der Waals surface area contributed by atoms with E-state index >= 15 is 0 Å². The maximum atomic E-state index is 12.9. The fraction of sp³-hybridized carbons (Fsp3) is 0.304. The van der Waals surface area contributed by atoms with Crippen LogP contribution in [0.15, 0.2) is 48.5 Å². The van der Waals surface area contributed by atoms with Crippen molar-refractivity contribution in [2.45, 2.75) is 38.1 Å². The number of para-hydroxylation sites is 2.